The third kappa shape index (κ3) is 7.32. The van der Waals surface area contributed by atoms with E-state index >= 15 is 0 Å². The smallest absolute Gasteiger partial charge is 0.407 e. The first-order valence-corrected chi connectivity index (χ1v) is 19.8. The number of alkyl carbamates (subject to hydrolysis) is 1. The molecule has 3 aromatic heterocycles. The molecule has 56 heavy (non-hydrogen) atoms. The predicted molar refractivity (Wildman–Crippen MR) is 213 cm³/mol. The zero-order valence-electron chi connectivity index (χ0n) is 32.4. The Kier molecular flexibility index (Phi) is 10.5. The average Bonchev–Trinajstić information content (AvgIpc) is 4.07. The number of aryl methyl sites for hydroxylation is 1. The van der Waals surface area contributed by atoms with E-state index in [0.717, 1.165) is 88.5 Å². The Labute approximate surface area is 327 Å². The van der Waals surface area contributed by atoms with E-state index in [4.69, 9.17) is 14.7 Å². The van der Waals surface area contributed by atoms with Crippen LogP contribution >= 0.6 is 0 Å². The number of methoxy groups -OCH3 is 1. The van der Waals surface area contributed by atoms with Crippen molar-refractivity contribution in [3.8, 4) is 33.6 Å². The van der Waals surface area contributed by atoms with Gasteiger partial charge in [-0.25, -0.2) is 14.8 Å². The molecule has 12 heteroatoms. The summed E-state index contributed by atoms with van der Waals surface area (Å²) < 4.78 is 4.77. The highest BCUT2D eigenvalue weighted by Gasteiger charge is 2.52. The van der Waals surface area contributed by atoms with Crippen molar-refractivity contribution in [3.63, 3.8) is 0 Å². The molecule has 4 heterocycles. The molecule has 290 valence electrons. The summed E-state index contributed by atoms with van der Waals surface area (Å²) in [6.07, 6.45) is 11.6. The number of carbonyl (C=O) groups excluding carboxylic acids is 3. The van der Waals surface area contributed by atoms with Gasteiger partial charge in [0.25, 0.3) is 0 Å². The molecule has 3 aliphatic rings. The zero-order chi connectivity index (χ0) is 38.9. The standard InChI is InChI=1S/C44H50N8O4/c1-25(2)39(51-44(55)56-4)43(54)52-18-6-8-36(52)40-46-24-35(50-40)33-16-15-30(19-26(33)3)28-9-11-29(12-10-28)34-23-47-41(49-34)37-31-13-14-32(20-31)38(37)42(53)48-22-27-7-5-17-45-21-27/h5,7,9-12,15-17,19,21,23-25,31-32,36-39H,6,8,13-14,18,20,22H2,1-4H3,(H,46,50)(H,47,49)(H,48,53)(H,51,55)/t31?,32?,36-,37+,38?,39-/m0/s1. The highest BCUT2D eigenvalue weighted by atomic mass is 16.5. The quantitative estimate of drug-likeness (QED) is 0.110. The average molecular weight is 755 g/mol. The van der Waals surface area contributed by atoms with Crippen molar-refractivity contribution in [1.29, 1.82) is 0 Å². The molecule has 0 spiro atoms. The summed E-state index contributed by atoms with van der Waals surface area (Å²) in [4.78, 5) is 61.8. The van der Waals surface area contributed by atoms with Gasteiger partial charge < -0.3 is 30.2 Å². The van der Waals surface area contributed by atoms with E-state index in [-0.39, 0.29) is 35.6 Å². The van der Waals surface area contributed by atoms with Crippen molar-refractivity contribution in [2.24, 2.45) is 23.7 Å². The van der Waals surface area contributed by atoms with Gasteiger partial charge in [0.05, 0.1) is 42.9 Å². The summed E-state index contributed by atoms with van der Waals surface area (Å²) in [5.41, 5.74) is 8.25. The highest BCUT2D eigenvalue weighted by molar-refractivity contribution is 5.86. The van der Waals surface area contributed by atoms with Crippen LogP contribution in [0.1, 0.15) is 80.7 Å². The van der Waals surface area contributed by atoms with Crippen molar-refractivity contribution in [1.82, 2.24) is 40.5 Å². The maximum Gasteiger partial charge on any atom is 0.407 e. The number of H-pyrrole nitrogens is 2. The SMILES string of the molecule is COC(=O)N[C@H](C(=O)N1CCC[C@H]1c1ncc(-c2ccc(-c3ccc(-c4cnc([C@@H]5C6CCC(C6)C5C(=O)NCc5cccnc5)[nH]4)cc3)cc2C)[nH]1)C(C)C. The third-order valence-electron chi connectivity index (χ3n) is 12.2. The van der Waals surface area contributed by atoms with Gasteiger partial charge in [-0.15, -0.1) is 0 Å². The molecule has 12 nitrogen and oxygen atoms in total. The van der Waals surface area contributed by atoms with Gasteiger partial charge in [-0.05, 0) is 90.7 Å². The van der Waals surface area contributed by atoms with Crippen LogP contribution in [-0.4, -0.2) is 67.4 Å². The molecule has 4 N–H and O–H groups in total. The summed E-state index contributed by atoms with van der Waals surface area (Å²) in [6.45, 7) is 7.01. The fourth-order valence-corrected chi connectivity index (χ4v) is 9.35. The van der Waals surface area contributed by atoms with E-state index in [1.54, 1.807) is 12.4 Å². The lowest BCUT2D eigenvalue weighted by Crippen LogP contribution is -2.51. The first kappa shape index (κ1) is 37.2. The number of rotatable bonds is 11. The number of benzene rings is 2. The van der Waals surface area contributed by atoms with Crippen LogP contribution in [0.2, 0.25) is 0 Å². The van der Waals surface area contributed by atoms with Crippen LogP contribution in [0.25, 0.3) is 33.6 Å². The van der Waals surface area contributed by atoms with Crippen molar-refractivity contribution < 1.29 is 19.1 Å². The van der Waals surface area contributed by atoms with Crippen molar-refractivity contribution >= 4 is 17.9 Å². The molecule has 3 amide bonds. The van der Waals surface area contributed by atoms with Gasteiger partial charge in [-0.2, -0.15) is 0 Å². The number of aromatic amines is 2. The first-order valence-electron chi connectivity index (χ1n) is 19.8. The third-order valence-corrected chi connectivity index (χ3v) is 12.2. The van der Waals surface area contributed by atoms with Crippen LogP contribution in [0, 0.1) is 30.6 Å². The van der Waals surface area contributed by atoms with Gasteiger partial charge in [0.1, 0.15) is 17.7 Å². The number of nitrogens with one attached hydrogen (secondary N) is 4. The van der Waals surface area contributed by atoms with Crippen LogP contribution in [0.3, 0.4) is 0 Å². The van der Waals surface area contributed by atoms with Crippen LogP contribution in [-0.2, 0) is 20.9 Å². The van der Waals surface area contributed by atoms with E-state index in [1.807, 2.05) is 43.3 Å². The maximum atomic E-state index is 13.6. The first-order chi connectivity index (χ1) is 27.2. The molecule has 2 aromatic carbocycles. The topological polar surface area (TPSA) is 158 Å². The second-order valence-corrected chi connectivity index (χ2v) is 16.0. The van der Waals surface area contributed by atoms with Crippen LogP contribution < -0.4 is 10.6 Å². The van der Waals surface area contributed by atoms with Gasteiger partial charge in [-0.3, -0.25) is 14.6 Å². The van der Waals surface area contributed by atoms with E-state index in [2.05, 4.69) is 75.0 Å². The van der Waals surface area contributed by atoms with Crippen molar-refractivity contribution in [2.45, 2.75) is 77.4 Å². The number of imidazole rings is 2. The molecular formula is C44H50N8O4. The van der Waals surface area contributed by atoms with E-state index < -0.39 is 12.1 Å². The number of carbonyl (C=O) groups is 3. The minimum atomic E-state index is -0.679. The Morgan fingerprint density at radius 2 is 1.62 bits per heavy atom. The van der Waals surface area contributed by atoms with E-state index in [1.165, 1.54) is 7.11 Å². The summed E-state index contributed by atoms with van der Waals surface area (Å²) in [7, 11) is 1.30. The van der Waals surface area contributed by atoms with Gasteiger partial charge in [0.15, 0.2) is 0 Å². The largest absolute Gasteiger partial charge is 0.453 e. The van der Waals surface area contributed by atoms with E-state index in [0.29, 0.717) is 24.9 Å². The van der Waals surface area contributed by atoms with Gasteiger partial charge in [0.2, 0.25) is 11.8 Å². The van der Waals surface area contributed by atoms with Crippen LogP contribution in [0.4, 0.5) is 4.79 Å². The van der Waals surface area contributed by atoms with Gasteiger partial charge in [-0.1, -0.05) is 62.4 Å². The Hall–Kier alpha value is -5.78. The molecule has 2 saturated carbocycles. The lowest BCUT2D eigenvalue weighted by atomic mass is 9.78. The zero-order valence-corrected chi connectivity index (χ0v) is 32.4. The fraction of sp³-hybridized carbons (Fsp3) is 0.409. The number of hydrogen-bond donors (Lipinski definition) is 4. The predicted octanol–water partition coefficient (Wildman–Crippen LogP) is 7.33. The molecule has 2 bridgehead atoms. The molecule has 3 fully saturated rings. The molecule has 6 atom stereocenters. The van der Waals surface area contributed by atoms with Crippen molar-refractivity contribution in [2.75, 3.05) is 13.7 Å². The molecule has 3 unspecified atom stereocenters. The molecule has 0 radical (unpaired) electrons. The second-order valence-electron chi connectivity index (χ2n) is 16.0. The number of nitrogens with zero attached hydrogens (tertiary/aromatic N) is 4. The van der Waals surface area contributed by atoms with Crippen molar-refractivity contribution in [3.05, 3.63) is 102 Å². The molecule has 1 saturated heterocycles. The number of aromatic nitrogens is 5. The summed E-state index contributed by atoms with van der Waals surface area (Å²) >= 11 is 0. The van der Waals surface area contributed by atoms with Gasteiger partial charge in [0, 0.05) is 37.0 Å². The lowest BCUT2D eigenvalue weighted by Gasteiger charge is -2.30. The summed E-state index contributed by atoms with van der Waals surface area (Å²) in [5.74, 6) is 2.42. The number of ether oxygens (including phenoxy) is 1. The molecule has 1 aliphatic heterocycles. The summed E-state index contributed by atoms with van der Waals surface area (Å²) in [5, 5.41) is 5.89. The number of likely N-dealkylation sites (tertiary alicyclic amines) is 1. The fourth-order valence-electron chi connectivity index (χ4n) is 9.35. The number of pyridine rings is 1. The van der Waals surface area contributed by atoms with Gasteiger partial charge >= 0.3 is 6.09 Å². The van der Waals surface area contributed by atoms with Crippen LogP contribution in [0.15, 0.2) is 79.4 Å². The molecule has 2 aliphatic carbocycles. The normalized spacial score (nSPS) is 22.0. The minimum absolute atomic E-state index is 0.0766. The lowest BCUT2D eigenvalue weighted by molar-refractivity contribution is -0.135. The Morgan fingerprint density at radius 3 is 2.38 bits per heavy atom. The minimum Gasteiger partial charge on any atom is -0.453 e. The number of fused-ring (bicyclic) bond motifs is 2. The Balaban J connectivity index is 0.937. The molecule has 5 aromatic rings. The van der Waals surface area contributed by atoms with E-state index in [9.17, 15) is 14.4 Å². The second kappa shape index (κ2) is 15.8. The molecule has 8 rings (SSSR count). The monoisotopic (exact) mass is 754 g/mol. The number of hydrogen-bond acceptors (Lipinski definition) is 7. The Morgan fingerprint density at radius 1 is 0.893 bits per heavy atom. The van der Waals surface area contributed by atoms with Crippen LogP contribution in [0.5, 0.6) is 0 Å². The summed E-state index contributed by atoms with van der Waals surface area (Å²) in [6, 6.07) is 17.9. The molecular weight excluding hydrogens is 705 g/mol. The Bertz CT molecular complexity index is 2200. The number of amides is 3. The maximum absolute atomic E-state index is 13.6. The highest BCUT2D eigenvalue weighted by Crippen LogP contribution is 2.56.